The number of carbonyl (C=O) groups is 3. The highest BCUT2D eigenvalue weighted by Crippen LogP contribution is 2.21. The number of hydrogen-bond acceptors (Lipinski definition) is 4. The van der Waals surface area contributed by atoms with E-state index in [-0.39, 0.29) is 17.5 Å². The molecule has 0 spiro atoms. The van der Waals surface area contributed by atoms with Crippen LogP contribution in [0, 0.1) is 0 Å². The summed E-state index contributed by atoms with van der Waals surface area (Å²) in [5, 5.41) is 16.6. The fourth-order valence-corrected chi connectivity index (χ4v) is 2.86. The largest absolute Gasteiger partial charge is 0.465 e. The van der Waals surface area contributed by atoms with Crippen LogP contribution in [-0.2, 0) is 11.2 Å². The highest BCUT2D eigenvalue weighted by molar-refractivity contribution is 6.06. The quantitative estimate of drug-likeness (QED) is 0.405. The summed E-state index contributed by atoms with van der Waals surface area (Å²) in [5.41, 5.74) is 2.84. The molecular weight excluding hydrogens is 408 g/mol. The van der Waals surface area contributed by atoms with Crippen molar-refractivity contribution in [1.29, 1.82) is 0 Å². The number of para-hydroxylation sites is 2. The number of amides is 3. The summed E-state index contributed by atoms with van der Waals surface area (Å²) in [7, 11) is 0. The average Bonchev–Trinajstić information content (AvgIpc) is 2.80. The Labute approximate surface area is 185 Å². The van der Waals surface area contributed by atoms with Gasteiger partial charge < -0.3 is 15.7 Å². The number of aromatic nitrogens is 1. The number of nitrogens with zero attached hydrogens (tertiary/aromatic N) is 1. The molecule has 8 nitrogen and oxygen atoms in total. The number of pyridine rings is 1. The molecule has 1 heterocycles. The molecule has 1 aromatic heterocycles. The van der Waals surface area contributed by atoms with Crippen molar-refractivity contribution in [1.82, 2.24) is 10.3 Å². The molecule has 8 heteroatoms. The zero-order valence-corrected chi connectivity index (χ0v) is 17.1. The van der Waals surface area contributed by atoms with Crippen LogP contribution in [-0.4, -0.2) is 34.5 Å². The van der Waals surface area contributed by atoms with E-state index in [1.54, 1.807) is 67.0 Å². The first-order valence-electron chi connectivity index (χ1n) is 9.86. The van der Waals surface area contributed by atoms with Crippen LogP contribution in [0.25, 0.3) is 6.08 Å². The Kier molecular flexibility index (Phi) is 7.69. The molecule has 0 aliphatic rings. The molecule has 0 unspecified atom stereocenters. The third kappa shape index (κ3) is 6.81. The zero-order chi connectivity index (χ0) is 22.8. The third-order valence-electron chi connectivity index (χ3n) is 4.45. The minimum absolute atomic E-state index is 0.210. The van der Waals surface area contributed by atoms with Gasteiger partial charge in [-0.1, -0.05) is 30.3 Å². The zero-order valence-electron chi connectivity index (χ0n) is 17.1. The number of rotatable bonds is 8. The lowest BCUT2D eigenvalue weighted by Gasteiger charge is -2.10. The van der Waals surface area contributed by atoms with E-state index in [1.165, 1.54) is 6.08 Å². The van der Waals surface area contributed by atoms with Gasteiger partial charge in [0.15, 0.2) is 0 Å². The fraction of sp³-hybridized carbons (Fsp3) is 0.0833. The van der Waals surface area contributed by atoms with Gasteiger partial charge in [-0.25, -0.2) is 4.79 Å². The first-order valence-corrected chi connectivity index (χ1v) is 9.86. The maximum Gasteiger partial charge on any atom is 0.409 e. The lowest BCUT2D eigenvalue weighted by molar-refractivity contribution is -0.116. The van der Waals surface area contributed by atoms with E-state index in [4.69, 9.17) is 5.11 Å². The molecule has 0 bridgehead atoms. The highest BCUT2D eigenvalue weighted by Gasteiger charge is 2.10. The van der Waals surface area contributed by atoms with Crippen LogP contribution in [0.2, 0.25) is 0 Å². The third-order valence-corrected chi connectivity index (χ3v) is 4.45. The monoisotopic (exact) mass is 430 g/mol. The van der Waals surface area contributed by atoms with Gasteiger partial charge >= 0.3 is 6.09 Å². The smallest absolute Gasteiger partial charge is 0.409 e. The lowest BCUT2D eigenvalue weighted by atomic mass is 10.1. The van der Waals surface area contributed by atoms with Crippen molar-refractivity contribution in [2.75, 3.05) is 17.2 Å². The standard InChI is InChI=1S/C24H22N4O4/c29-22(26-15-13-18-4-3-14-25-16-18)12-9-17-7-10-19(11-8-17)23(30)27-20-5-1-2-6-21(20)28-24(31)32/h1-12,14,16,28H,13,15H2,(H,26,29)(H,27,30)(H,31,32)/b12-9+. The number of benzene rings is 2. The molecular formula is C24H22N4O4. The first kappa shape index (κ1) is 22.2. The van der Waals surface area contributed by atoms with Gasteiger partial charge in [-0.2, -0.15) is 0 Å². The van der Waals surface area contributed by atoms with Crippen molar-refractivity contribution in [3.8, 4) is 0 Å². The van der Waals surface area contributed by atoms with Gasteiger partial charge in [0.05, 0.1) is 11.4 Å². The maximum absolute atomic E-state index is 12.5. The minimum Gasteiger partial charge on any atom is -0.465 e. The Hall–Kier alpha value is -4.46. The molecule has 2 aromatic carbocycles. The van der Waals surface area contributed by atoms with Gasteiger partial charge in [-0.05, 0) is 54.0 Å². The molecule has 0 saturated carbocycles. The van der Waals surface area contributed by atoms with Gasteiger partial charge in [-0.3, -0.25) is 19.9 Å². The van der Waals surface area contributed by atoms with Gasteiger partial charge in [-0.15, -0.1) is 0 Å². The van der Waals surface area contributed by atoms with E-state index >= 15 is 0 Å². The van der Waals surface area contributed by atoms with Crippen LogP contribution in [0.5, 0.6) is 0 Å². The molecule has 3 amide bonds. The van der Waals surface area contributed by atoms with Crippen LogP contribution in [0.15, 0.2) is 79.1 Å². The summed E-state index contributed by atoms with van der Waals surface area (Å²) in [4.78, 5) is 39.4. The molecule has 32 heavy (non-hydrogen) atoms. The van der Waals surface area contributed by atoms with E-state index in [1.807, 2.05) is 12.1 Å². The van der Waals surface area contributed by atoms with E-state index in [0.717, 1.165) is 11.1 Å². The lowest BCUT2D eigenvalue weighted by Crippen LogP contribution is -2.23. The van der Waals surface area contributed by atoms with Crippen LogP contribution >= 0.6 is 0 Å². The molecule has 0 fully saturated rings. The predicted octanol–water partition coefficient (Wildman–Crippen LogP) is 3.80. The molecule has 162 valence electrons. The van der Waals surface area contributed by atoms with Crippen molar-refractivity contribution in [2.45, 2.75) is 6.42 Å². The molecule has 0 atom stereocenters. The van der Waals surface area contributed by atoms with Crippen LogP contribution in [0.3, 0.4) is 0 Å². The molecule has 3 aromatic rings. The second-order valence-electron chi connectivity index (χ2n) is 6.79. The summed E-state index contributed by atoms with van der Waals surface area (Å²) >= 11 is 0. The summed E-state index contributed by atoms with van der Waals surface area (Å²) < 4.78 is 0. The molecule has 0 radical (unpaired) electrons. The second kappa shape index (κ2) is 11.1. The fourth-order valence-electron chi connectivity index (χ4n) is 2.86. The van der Waals surface area contributed by atoms with E-state index in [9.17, 15) is 14.4 Å². The van der Waals surface area contributed by atoms with E-state index in [0.29, 0.717) is 24.2 Å². The highest BCUT2D eigenvalue weighted by atomic mass is 16.4. The topological polar surface area (TPSA) is 120 Å². The molecule has 4 N–H and O–H groups in total. The van der Waals surface area contributed by atoms with E-state index in [2.05, 4.69) is 20.9 Å². The normalized spacial score (nSPS) is 10.5. The van der Waals surface area contributed by atoms with Gasteiger partial charge in [0.1, 0.15) is 0 Å². The number of carboxylic acid groups (broad SMARTS) is 1. The molecule has 0 saturated heterocycles. The van der Waals surface area contributed by atoms with Gasteiger partial charge in [0.25, 0.3) is 5.91 Å². The minimum atomic E-state index is -1.22. The van der Waals surface area contributed by atoms with Crippen molar-refractivity contribution < 1.29 is 19.5 Å². The van der Waals surface area contributed by atoms with Crippen molar-refractivity contribution >= 4 is 35.4 Å². The van der Waals surface area contributed by atoms with Crippen LogP contribution in [0.1, 0.15) is 21.5 Å². The summed E-state index contributed by atoms with van der Waals surface area (Å²) in [6.07, 6.45) is 6.04. The van der Waals surface area contributed by atoms with Gasteiger partial charge in [0, 0.05) is 30.6 Å². The Morgan fingerprint density at radius 1 is 0.906 bits per heavy atom. The number of anilines is 2. The first-order chi connectivity index (χ1) is 15.5. The maximum atomic E-state index is 12.5. The summed E-state index contributed by atoms with van der Waals surface area (Å²) in [5.74, 6) is -0.591. The Bertz CT molecular complexity index is 1110. The Balaban J connectivity index is 1.52. The number of hydrogen-bond donors (Lipinski definition) is 4. The summed E-state index contributed by atoms with van der Waals surface area (Å²) in [6.45, 7) is 0.506. The van der Waals surface area contributed by atoms with Gasteiger partial charge in [0.2, 0.25) is 5.91 Å². The van der Waals surface area contributed by atoms with E-state index < -0.39 is 6.09 Å². The summed E-state index contributed by atoms with van der Waals surface area (Å²) in [6, 6.07) is 17.0. The SMILES string of the molecule is O=C(O)Nc1ccccc1NC(=O)c1ccc(/C=C/C(=O)NCCc2cccnc2)cc1. The Morgan fingerprint density at radius 2 is 1.62 bits per heavy atom. The number of carbonyl (C=O) groups excluding carboxylic acids is 2. The van der Waals surface area contributed by atoms with Crippen LogP contribution < -0.4 is 16.0 Å². The molecule has 0 aliphatic carbocycles. The predicted molar refractivity (Wildman–Crippen MR) is 122 cm³/mol. The number of nitrogens with one attached hydrogen (secondary N) is 3. The molecule has 3 rings (SSSR count). The van der Waals surface area contributed by atoms with Crippen molar-refractivity contribution in [2.24, 2.45) is 0 Å². The second-order valence-corrected chi connectivity index (χ2v) is 6.79. The van der Waals surface area contributed by atoms with Crippen molar-refractivity contribution in [3.63, 3.8) is 0 Å². The molecule has 0 aliphatic heterocycles. The Morgan fingerprint density at radius 3 is 2.28 bits per heavy atom. The van der Waals surface area contributed by atoms with Crippen molar-refractivity contribution in [3.05, 3.63) is 95.8 Å². The van der Waals surface area contributed by atoms with Crippen LogP contribution in [0.4, 0.5) is 16.2 Å². The average molecular weight is 430 g/mol.